The predicted molar refractivity (Wildman–Crippen MR) is 63.3 cm³/mol. The van der Waals surface area contributed by atoms with Crippen LogP contribution in [0.15, 0.2) is 24.3 Å². The maximum Gasteiger partial charge on any atom is 0.148 e. The second-order valence-electron chi connectivity index (χ2n) is 4.10. The molecule has 2 heterocycles. The number of benzene rings is 1. The first-order valence-corrected chi connectivity index (χ1v) is 5.59. The van der Waals surface area contributed by atoms with Crippen LogP contribution in [0.5, 0.6) is 0 Å². The minimum absolute atomic E-state index is 0.313. The molecule has 0 fully saturated rings. The molecule has 4 nitrogen and oxygen atoms in total. The average Bonchev–Trinajstić information content (AvgIpc) is 2.68. The quantitative estimate of drug-likeness (QED) is 0.777. The number of nitrogens with two attached hydrogens (primary N) is 1. The van der Waals surface area contributed by atoms with Gasteiger partial charge in [-0.15, -0.1) is 0 Å². The van der Waals surface area contributed by atoms with E-state index in [2.05, 4.69) is 10.4 Å². The molecule has 3 rings (SSSR count). The number of nitrogens with one attached hydrogen (secondary N) is 1. The third kappa shape index (κ3) is 1.59. The van der Waals surface area contributed by atoms with Crippen molar-refractivity contribution >= 4 is 5.82 Å². The molecular weight excluding hydrogens is 219 g/mol. The molecule has 1 aromatic carbocycles. The SMILES string of the molecule is Nc1c2c(nn1-c1ccccc1F)CNCC2. The summed E-state index contributed by atoms with van der Waals surface area (Å²) < 4.78 is 15.2. The Balaban J connectivity index is 2.16. The molecular formula is C12H13FN4. The molecule has 1 aromatic heterocycles. The second kappa shape index (κ2) is 3.85. The molecule has 5 heteroatoms. The van der Waals surface area contributed by atoms with Gasteiger partial charge in [0.15, 0.2) is 0 Å². The van der Waals surface area contributed by atoms with E-state index in [-0.39, 0.29) is 5.82 Å². The van der Waals surface area contributed by atoms with Gasteiger partial charge < -0.3 is 11.1 Å². The highest BCUT2D eigenvalue weighted by Gasteiger charge is 2.20. The summed E-state index contributed by atoms with van der Waals surface area (Å²) >= 11 is 0. The lowest BCUT2D eigenvalue weighted by molar-refractivity contribution is 0.605. The van der Waals surface area contributed by atoms with Gasteiger partial charge in [-0.2, -0.15) is 5.10 Å². The molecule has 0 saturated carbocycles. The van der Waals surface area contributed by atoms with Crippen molar-refractivity contribution < 1.29 is 4.39 Å². The fraction of sp³-hybridized carbons (Fsp3) is 0.250. The fourth-order valence-corrected chi connectivity index (χ4v) is 2.15. The largest absolute Gasteiger partial charge is 0.383 e. The second-order valence-corrected chi connectivity index (χ2v) is 4.10. The summed E-state index contributed by atoms with van der Waals surface area (Å²) in [5.74, 6) is 0.235. The Hall–Kier alpha value is -1.88. The van der Waals surface area contributed by atoms with Crippen molar-refractivity contribution in [2.75, 3.05) is 12.3 Å². The zero-order valence-corrected chi connectivity index (χ0v) is 9.28. The molecule has 0 bridgehead atoms. The van der Waals surface area contributed by atoms with Crippen LogP contribution in [0.4, 0.5) is 10.2 Å². The molecule has 0 unspecified atom stereocenters. The Morgan fingerprint density at radius 3 is 2.94 bits per heavy atom. The average molecular weight is 232 g/mol. The van der Waals surface area contributed by atoms with Crippen molar-refractivity contribution in [3.05, 3.63) is 41.3 Å². The molecule has 0 saturated heterocycles. The molecule has 0 atom stereocenters. The number of aromatic nitrogens is 2. The van der Waals surface area contributed by atoms with Gasteiger partial charge in [-0.25, -0.2) is 9.07 Å². The summed E-state index contributed by atoms with van der Waals surface area (Å²) in [5, 5.41) is 7.59. The molecule has 88 valence electrons. The first-order chi connectivity index (χ1) is 8.27. The van der Waals surface area contributed by atoms with Gasteiger partial charge in [0.1, 0.15) is 17.3 Å². The minimum atomic E-state index is -0.313. The van der Waals surface area contributed by atoms with Crippen LogP contribution >= 0.6 is 0 Å². The van der Waals surface area contributed by atoms with Gasteiger partial charge in [-0.05, 0) is 25.1 Å². The zero-order valence-electron chi connectivity index (χ0n) is 9.28. The lowest BCUT2D eigenvalue weighted by Crippen LogP contribution is -2.23. The van der Waals surface area contributed by atoms with E-state index in [1.165, 1.54) is 10.7 Å². The number of hydrogen-bond donors (Lipinski definition) is 2. The number of para-hydroxylation sites is 1. The van der Waals surface area contributed by atoms with Crippen LogP contribution in [-0.2, 0) is 13.0 Å². The van der Waals surface area contributed by atoms with E-state index in [4.69, 9.17) is 5.73 Å². The Bertz CT molecular complexity index is 562. The van der Waals surface area contributed by atoms with E-state index in [0.29, 0.717) is 18.1 Å². The van der Waals surface area contributed by atoms with Crippen LogP contribution in [-0.4, -0.2) is 16.3 Å². The topological polar surface area (TPSA) is 55.9 Å². The summed E-state index contributed by atoms with van der Waals surface area (Å²) in [4.78, 5) is 0. The molecule has 1 aliphatic heterocycles. The van der Waals surface area contributed by atoms with Crippen molar-refractivity contribution in [3.63, 3.8) is 0 Å². The number of nitrogen functional groups attached to an aromatic ring is 1. The number of halogens is 1. The van der Waals surface area contributed by atoms with Gasteiger partial charge in [0.05, 0.1) is 5.69 Å². The van der Waals surface area contributed by atoms with E-state index in [1.807, 2.05) is 0 Å². The number of anilines is 1. The zero-order chi connectivity index (χ0) is 11.8. The number of rotatable bonds is 1. The first-order valence-electron chi connectivity index (χ1n) is 5.59. The Morgan fingerprint density at radius 1 is 1.35 bits per heavy atom. The highest BCUT2D eigenvalue weighted by atomic mass is 19.1. The van der Waals surface area contributed by atoms with Crippen LogP contribution in [0.1, 0.15) is 11.3 Å². The first kappa shape index (κ1) is 10.3. The number of hydrogen-bond acceptors (Lipinski definition) is 3. The van der Waals surface area contributed by atoms with Gasteiger partial charge in [0.2, 0.25) is 0 Å². The molecule has 0 radical (unpaired) electrons. The lowest BCUT2D eigenvalue weighted by atomic mass is 10.1. The van der Waals surface area contributed by atoms with E-state index in [9.17, 15) is 4.39 Å². The summed E-state index contributed by atoms with van der Waals surface area (Å²) in [5.41, 5.74) is 8.38. The predicted octanol–water partition coefficient (Wildman–Crippen LogP) is 1.24. The van der Waals surface area contributed by atoms with Crippen LogP contribution < -0.4 is 11.1 Å². The van der Waals surface area contributed by atoms with Crippen LogP contribution in [0.25, 0.3) is 5.69 Å². The Kier molecular flexibility index (Phi) is 2.33. The highest BCUT2D eigenvalue weighted by molar-refractivity contribution is 5.51. The molecule has 0 spiro atoms. The van der Waals surface area contributed by atoms with Crippen molar-refractivity contribution in [2.24, 2.45) is 0 Å². The number of fused-ring (bicyclic) bond motifs is 1. The molecule has 0 amide bonds. The van der Waals surface area contributed by atoms with Crippen molar-refractivity contribution in [1.82, 2.24) is 15.1 Å². The monoisotopic (exact) mass is 232 g/mol. The highest BCUT2D eigenvalue weighted by Crippen LogP contribution is 2.24. The standard InChI is InChI=1S/C12H13FN4/c13-9-3-1-2-4-11(9)17-12(14)8-5-6-15-7-10(8)16-17/h1-4,15H,5-7,14H2. The van der Waals surface area contributed by atoms with E-state index in [1.54, 1.807) is 18.2 Å². The maximum absolute atomic E-state index is 13.7. The van der Waals surface area contributed by atoms with E-state index < -0.39 is 0 Å². The molecule has 2 aromatic rings. The summed E-state index contributed by atoms with van der Waals surface area (Å²) in [6.07, 6.45) is 0.843. The third-order valence-electron chi connectivity index (χ3n) is 3.03. The van der Waals surface area contributed by atoms with Crippen molar-refractivity contribution in [2.45, 2.75) is 13.0 Å². The normalized spacial score (nSPS) is 14.6. The van der Waals surface area contributed by atoms with Gasteiger partial charge in [0, 0.05) is 12.1 Å². The minimum Gasteiger partial charge on any atom is -0.383 e. The third-order valence-corrected chi connectivity index (χ3v) is 3.03. The lowest BCUT2D eigenvalue weighted by Gasteiger charge is -2.10. The Morgan fingerprint density at radius 2 is 2.18 bits per heavy atom. The smallest absolute Gasteiger partial charge is 0.148 e. The Labute approximate surface area is 98.2 Å². The molecule has 17 heavy (non-hydrogen) atoms. The van der Waals surface area contributed by atoms with Gasteiger partial charge in [-0.3, -0.25) is 0 Å². The summed E-state index contributed by atoms with van der Waals surface area (Å²) in [6, 6.07) is 6.52. The van der Waals surface area contributed by atoms with Crippen molar-refractivity contribution in [3.8, 4) is 5.69 Å². The van der Waals surface area contributed by atoms with E-state index >= 15 is 0 Å². The molecule has 3 N–H and O–H groups in total. The summed E-state index contributed by atoms with van der Waals surface area (Å²) in [7, 11) is 0. The van der Waals surface area contributed by atoms with Gasteiger partial charge in [-0.1, -0.05) is 12.1 Å². The van der Waals surface area contributed by atoms with Crippen LogP contribution in [0.2, 0.25) is 0 Å². The van der Waals surface area contributed by atoms with E-state index in [0.717, 1.165) is 24.2 Å². The van der Waals surface area contributed by atoms with Crippen molar-refractivity contribution in [1.29, 1.82) is 0 Å². The van der Waals surface area contributed by atoms with Crippen LogP contribution in [0, 0.1) is 5.82 Å². The van der Waals surface area contributed by atoms with Gasteiger partial charge in [0.25, 0.3) is 0 Å². The van der Waals surface area contributed by atoms with Gasteiger partial charge >= 0.3 is 0 Å². The molecule has 0 aliphatic carbocycles. The maximum atomic E-state index is 13.7. The summed E-state index contributed by atoms with van der Waals surface area (Å²) in [6.45, 7) is 1.58. The molecule has 1 aliphatic rings. The van der Waals surface area contributed by atoms with Crippen LogP contribution in [0.3, 0.4) is 0 Å². The number of nitrogens with zero attached hydrogens (tertiary/aromatic N) is 2. The fourth-order valence-electron chi connectivity index (χ4n) is 2.15.